The van der Waals surface area contributed by atoms with E-state index in [1.54, 1.807) is 18.2 Å². The molecule has 130 valence electrons. The van der Waals surface area contributed by atoms with Gasteiger partial charge in [0, 0.05) is 0 Å². The van der Waals surface area contributed by atoms with Crippen LogP contribution in [0.4, 0.5) is 0 Å². The van der Waals surface area contributed by atoms with E-state index in [4.69, 9.17) is 35.4 Å². The Balaban J connectivity index is 2.07. The average Bonchev–Trinajstić information content (AvgIpc) is 2.92. The van der Waals surface area contributed by atoms with E-state index in [2.05, 4.69) is 24.0 Å². The molecule has 0 aliphatic rings. The van der Waals surface area contributed by atoms with Gasteiger partial charge in [0.05, 0.1) is 22.2 Å². The lowest BCUT2D eigenvalue weighted by atomic mass is 10.00. The van der Waals surface area contributed by atoms with Crippen molar-refractivity contribution in [1.29, 1.82) is 0 Å². The number of rotatable bonds is 4. The number of aromatic nitrogens is 3. The highest BCUT2D eigenvalue weighted by Crippen LogP contribution is 2.32. The van der Waals surface area contributed by atoms with Gasteiger partial charge in [-0.25, -0.2) is 0 Å². The third kappa shape index (κ3) is 3.73. The number of halogens is 2. The van der Waals surface area contributed by atoms with Gasteiger partial charge in [0.1, 0.15) is 5.75 Å². The maximum absolute atomic E-state index is 10.3. The van der Waals surface area contributed by atoms with Crippen LogP contribution in [0.1, 0.15) is 30.9 Å². The summed E-state index contributed by atoms with van der Waals surface area (Å²) in [6, 6.07) is 11.0. The minimum Gasteiger partial charge on any atom is -0.507 e. The standard InChI is InChI=1S/C18H17Cl2N3OS/c1-10(2)12-4-6-16(24)13(8-12)17-21-22-18(25)23(17)9-11-3-5-14(19)15(20)7-11/h3-8,10,24H,9H2,1-2H3,(H,22,25). The molecule has 0 unspecified atom stereocenters. The monoisotopic (exact) mass is 393 g/mol. The summed E-state index contributed by atoms with van der Waals surface area (Å²) in [6.45, 7) is 4.67. The van der Waals surface area contributed by atoms with Crippen LogP contribution in [-0.4, -0.2) is 19.9 Å². The number of hydrogen-bond donors (Lipinski definition) is 2. The molecule has 0 aliphatic heterocycles. The third-order valence-corrected chi connectivity index (χ3v) is 5.06. The average molecular weight is 394 g/mol. The zero-order valence-electron chi connectivity index (χ0n) is 13.8. The summed E-state index contributed by atoms with van der Waals surface area (Å²) in [6.07, 6.45) is 0. The number of hydrogen-bond acceptors (Lipinski definition) is 3. The normalized spacial score (nSPS) is 11.2. The van der Waals surface area contributed by atoms with Crippen LogP contribution in [0, 0.1) is 4.77 Å². The molecule has 0 fully saturated rings. The van der Waals surface area contributed by atoms with Gasteiger partial charge in [0.15, 0.2) is 10.6 Å². The SMILES string of the molecule is CC(C)c1ccc(O)c(-c2n[nH]c(=S)n2Cc2ccc(Cl)c(Cl)c2)c1. The maximum atomic E-state index is 10.3. The Morgan fingerprint density at radius 3 is 2.60 bits per heavy atom. The zero-order chi connectivity index (χ0) is 18.1. The van der Waals surface area contributed by atoms with E-state index in [1.807, 2.05) is 22.8 Å². The molecule has 3 aromatic rings. The van der Waals surface area contributed by atoms with Gasteiger partial charge in [-0.2, -0.15) is 5.10 Å². The highest BCUT2D eigenvalue weighted by atomic mass is 35.5. The number of aromatic amines is 1. The molecule has 0 amide bonds. The van der Waals surface area contributed by atoms with Gasteiger partial charge >= 0.3 is 0 Å². The molecule has 0 saturated heterocycles. The van der Waals surface area contributed by atoms with E-state index < -0.39 is 0 Å². The first-order valence-corrected chi connectivity index (χ1v) is 8.95. The molecule has 0 saturated carbocycles. The van der Waals surface area contributed by atoms with Gasteiger partial charge in [0.25, 0.3) is 0 Å². The fraction of sp³-hybridized carbons (Fsp3) is 0.222. The Labute approximate surface area is 161 Å². The second kappa shape index (κ2) is 7.20. The van der Waals surface area contributed by atoms with Gasteiger partial charge in [-0.1, -0.05) is 49.2 Å². The molecule has 4 nitrogen and oxygen atoms in total. The predicted molar refractivity (Wildman–Crippen MR) is 104 cm³/mol. The van der Waals surface area contributed by atoms with Crippen molar-refractivity contribution in [3.8, 4) is 17.1 Å². The summed E-state index contributed by atoms with van der Waals surface area (Å²) >= 11 is 17.4. The lowest BCUT2D eigenvalue weighted by Crippen LogP contribution is -2.03. The highest BCUT2D eigenvalue weighted by molar-refractivity contribution is 7.71. The van der Waals surface area contributed by atoms with E-state index in [-0.39, 0.29) is 5.75 Å². The number of H-pyrrole nitrogens is 1. The molecular formula is C18H17Cl2N3OS. The molecule has 0 atom stereocenters. The number of nitrogens with one attached hydrogen (secondary N) is 1. The summed E-state index contributed by atoms with van der Waals surface area (Å²) in [5, 5.41) is 18.4. The van der Waals surface area contributed by atoms with Gasteiger partial charge in [-0.3, -0.25) is 9.67 Å². The molecule has 0 bridgehead atoms. The van der Waals surface area contributed by atoms with Crippen molar-refractivity contribution in [2.75, 3.05) is 0 Å². The molecule has 3 rings (SSSR count). The van der Waals surface area contributed by atoms with E-state index in [0.717, 1.165) is 11.1 Å². The first-order valence-electron chi connectivity index (χ1n) is 7.79. The Hall–Kier alpha value is -1.82. The summed E-state index contributed by atoms with van der Waals surface area (Å²) in [5.41, 5.74) is 2.69. The largest absolute Gasteiger partial charge is 0.507 e. The fourth-order valence-electron chi connectivity index (χ4n) is 2.58. The van der Waals surface area contributed by atoms with Crippen LogP contribution >= 0.6 is 35.4 Å². The quantitative estimate of drug-likeness (QED) is 0.551. The second-order valence-corrected chi connectivity index (χ2v) is 7.32. The molecular weight excluding hydrogens is 377 g/mol. The Bertz CT molecular complexity index is 979. The van der Waals surface area contributed by atoms with Crippen molar-refractivity contribution < 1.29 is 5.11 Å². The third-order valence-electron chi connectivity index (χ3n) is 4.01. The summed E-state index contributed by atoms with van der Waals surface area (Å²) in [7, 11) is 0. The lowest BCUT2D eigenvalue weighted by Gasteiger charge is -2.12. The van der Waals surface area contributed by atoms with Crippen molar-refractivity contribution in [2.45, 2.75) is 26.3 Å². The lowest BCUT2D eigenvalue weighted by molar-refractivity contribution is 0.476. The molecule has 25 heavy (non-hydrogen) atoms. The minimum atomic E-state index is 0.161. The Morgan fingerprint density at radius 2 is 1.92 bits per heavy atom. The topological polar surface area (TPSA) is 53.8 Å². The number of aromatic hydroxyl groups is 1. The first-order chi connectivity index (χ1) is 11.9. The van der Waals surface area contributed by atoms with Crippen molar-refractivity contribution in [2.24, 2.45) is 0 Å². The van der Waals surface area contributed by atoms with E-state index in [1.165, 1.54) is 0 Å². The molecule has 2 N–H and O–H groups in total. The van der Waals surface area contributed by atoms with Crippen LogP contribution < -0.4 is 0 Å². The van der Waals surface area contributed by atoms with Gasteiger partial charge in [-0.05, 0) is 53.5 Å². The number of phenols is 1. The molecule has 1 aromatic heterocycles. The number of phenolic OH excluding ortho intramolecular Hbond substituents is 1. The number of benzene rings is 2. The second-order valence-electron chi connectivity index (χ2n) is 6.12. The van der Waals surface area contributed by atoms with Crippen LogP contribution in [0.3, 0.4) is 0 Å². The highest BCUT2D eigenvalue weighted by Gasteiger charge is 2.15. The van der Waals surface area contributed by atoms with Crippen molar-refractivity contribution in [3.63, 3.8) is 0 Å². The number of nitrogens with zero attached hydrogens (tertiary/aromatic N) is 2. The molecule has 1 heterocycles. The fourth-order valence-corrected chi connectivity index (χ4v) is 3.10. The van der Waals surface area contributed by atoms with E-state index in [9.17, 15) is 5.11 Å². The molecule has 0 spiro atoms. The molecule has 2 aromatic carbocycles. The minimum absolute atomic E-state index is 0.161. The smallest absolute Gasteiger partial charge is 0.195 e. The first kappa shape index (κ1) is 18.0. The van der Waals surface area contributed by atoms with Gasteiger partial charge in [0.2, 0.25) is 0 Å². The Morgan fingerprint density at radius 1 is 1.16 bits per heavy atom. The molecule has 7 heteroatoms. The zero-order valence-corrected chi connectivity index (χ0v) is 16.1. The van der Waals surface area contributed by atoms with Crippen LogP contribution in [-0.2, 0) is 6.54 Å². The van der Waals surface area contributed by atoms with Crippen LogP contribution in [0.15, 0.2) is 36.4 Å². The summed E-state index contributed by atoms with van der Waals surface area (Å²) in [5.74, 6) is 1.08. The predicted octanol–water partition coefficient (Wildman–Crippen LogP) is 5.79. The van der Waals surface area contributed by atoms with Crippen molar-refractivity contribution in [1.82, 2.24) is 14.8 Å². The van der Waals surface area contributed by atoms with Crippen LogP contribution in [0.2, 0.25) is 10.0 Å². The maximum Gasteiger partial charge on any atom is 0.195 e. The molecule has 0 aliphatic carbocycles. The summed E-state index contributed by atoms with van der Waals surface area (Å²) in [4.78, 5) is 0. The summed E-state index contributed by atoms with van der Waals surface area (Å²) < 4.78 is 2.30. The van der Waals surface area contributed by atoms with E-state index in [0.29, 0.717) is 38.7 Å². The van der Waals surface area contributed by atoms with Crippen molar-refractivity contribution in [3.05, 3.63) is 62.3 Å². The van der Waals surface area contributed by atoms with Gasteiger partial charge < -0.3 is 5.11 Å². The van der Waals surface area contributed by atoms with E-state index >= 15 is 0 Å². The van der Waals surface area contributed by atoms with Crippen LogP contribution in [0.5, 0.6) is 5.75 Å². The van der Waals surface area contributed by atoms with Gasteiger partial charge in [-0.15, -0.1) is 0 Å². The van der Waals surface area contributed by atoms with Crippen LogP contribution in [0.25, 0.3) is 11.4 Å². The van der Waals surface area contributed by atoms with Crippen molar-refractivity contribution >= 4 is 35.4 Å². The Kier molecular flexibility index (Phi) is 5.18. The molecule has 0 radical (unpaired) electrons.